The first-order valence-corrected chi connectivity index (χ1v) is 6.84. The van der Waals surface area contributed by atoms with E-state index < -0.39 is 10.0 Å². The SMILES string of the molecule is Nc1cc(S(=O)(=O)Nc2ccccn2)ccc1Cl. The average Bonchev–Trinajstić information content (AvgIpc) is 2.33. The quantitative estimate of drug-likeness (QED) is 0.845. The van der Waals surface area contributed by atoms with Crippen molar-refractivity contribution >= 4 is 33.1 Å². The molecule has 0 unspecified atom stereocenters. The molecule has 0 aliphatic heterocycles. The van der Waals surface area contributed by atoms with Gasteiger partial charge in [0.15, 0.2) is 0 Å². The van der Waals surface area contributed by atoms with Gasteiger partial charge in [0.25, 0.3) is 10.0 Å². The molecular weight excluding hydrogens is 274 g/mol. The number of nitrogens with zero attached hydrogens (tertiary/aromatic N) is 1. The van der Waals surface area contributed by atoms with Gasteiger partial charge in [-0.2, -0.15) is 0 Å². The van der Waals surface area contributed by atoms with E-state index in [0.29, 0.717) is 5.02 Å². The van der Waals surface area contributed by atoms with Gasteiger partial charge in [0, 0.05) is 6.20 Å². The maximum absolute atomic E-state index is 12.0. The molecule has 2 rings (SSSR count). The van der Waals surface area contributed by atoms with Crippen molar-refractivity contribution in [1.29, 1.82) is 0 Å². The van der Waals surface area contributed by atoms with Crippen molar-refractivity contribution in [2.45, 2.75) is 4.90 Å². The molecule has 0 amide bonds. The summed E-state index contributed by atoms with van der Waals surface area (Å²) in [7, 11) is -3.70. The molecule has 0 aliphatic rings. The van der Waals surface area contributed by atoms with Crippen molar-refractivity contribution in [3.63, 3.8) is 0 Å². The number of benzene rings is 1. The Morgan fingerprint density at radius 3 is 2.61 bits per heavy atom. The first-order valence-electron chi connectivity index (χ1n) is 4.98. The molecule has 0 aliphatic carbocycles. The Morgan fingerprint density at radius 1 is 1.22 bits per heavy atom. The van der Waals surface area contributed by atoms with Gasteiger partial charge < -0.3 is 5.73 Å². The molecule has 0 bridgehead atoms. The largest absolute Gasteiger partial charge is 0.397 e. The van der Waals surface area contributed by atoms with Crippen LogP contribution < -0.4 is 10.5 Å². The number of anilines is 2. The van der Waals surface area contributed by atoms with E-state index in [1.807, 2.05) is 0 Å². The van der Waals surface area contributed by atoms with Crippen LogP contribution in [0.15, 0.2) is 47.5 Å². The van der Waals surface area contributed by atoms with Crippen molar-refractivity contribution < 1.29 is 8.42 Å². The van der Waals surface area contributed by atoms with Crippen LogP contribution >= 0.6 is 11.6 Å². The molecule has 3 N–H and O–H groups in total. The number of pyridine rings is 1. The highest BCUT2D eigenvalue weighted by Crippen LogP contribution is 2.23. The Hall–Kier alpha value is -1.79. The number of rotatable bonds is 3. The Kier molecular flexibility index (Phi) is 3.40. The number of nitrogen functional groups attached to an aromatic ring is 1. The second-order valence-corrected chi connectivity index (χ2v) is 5.59. The van der Waals surface area contributed by atoms with E-state index in [1.54, 1.807) is 18.2 Å². The van der Waals surface area contributed by atoms with Crippen LogP contribution in [-0.4, -0.2) is 13.4 Å². The van der Waals surface area contributed by atoms with Crippen LogP contribution in [0.25, 0.3) is 0 Å². The molecule has 0 fully saturated rings. The molecule has 1 heterocycles. The Balaban J connectivity index is 2.34. The van der Waals surface area contributed by atoms with Crippen molar-refractivity contribution in [3.05, 3.63) is 47.6 Å². The lowest BCUT2D eigenvalue weighted by Crippen LogP contribution is -2.14. The molecule has 0 atom stereocenters. The van der Waals surface area contributed by atoms with E-state index in [-0.39, 0.29) is 16.4 Å². The van der Waals surface area contributed by atoms with Gasteiger partial charge in [0.2, 0.25) is 0 Å². The lowest BCUT2D eigenvalue weighted by Gasteiger charge is -2.08. The van der Waals surface area contributed by atoms with Crippen molar-refractivity contribution in [2.24, 2.45) is 0 Å². The summed E-state index contributed by atoms with van der Waals surface area (Å²) in [6.45, 7) is 0. The zero-order valence-corrected chi connectivity index (χ0v) is 10.7. The second-order valence-electron chi connectivity index (χ2n) is 3.50. The highest BCUT2D eigenvalue weighted by Gasteiger charge is 2.15. The minimum absolute atomic E-state index is 0.0371. The molecule has 18 heavy (non-hydrogen) atoms. The van der Waals surface area contributed by atoms with Crippen LogP contribution in [-0.2, 0) is 10.0 Å². The van der Waals surface area contributed by atoms with Gasteiger partial charge in [-0.05, 0) is 30.3 Å². The summed E-state index contributed by atoms with van der Waals surface area (Å²) in [5.74, 6) is 0.242. The molecule has 1 aromatic heterocycles. The van der Waals surface area contributed by atoms with Crippen LogP contribution in [0.4, 0.5) is 11.5 Å². The first kappa shape index (κ1) is 12.7. The maximum Gasteiger partial charge on any atom is 0.263 e. The minimum Gasteiger partial charge on any atom is -0.397 e. The van der Waals surface area contributed by atoms with Gasteiger partial charge in [-0.15, -0.1) is 0 Å². The third-order valence-corrected chi connectivity index (χ3v) is 3.88. The normalized spacial score (nSPS) is 11.2. The van der Waals surface area contributed by atoms with E-state index in [9.17, 15) is 8.42 Å². The van der Waals surface area contributed by atoms with Crippen molar-refractivity contribution in [1.82, 2.24) is 4.98 Å². The number of halogens is 1. The van der Waals surface area contributed by atoms with E-state index >= 15 is 0 Å². The van der Waals surface area contributed by atoms with Gasteiger partial charge in [0.1, 0.15) is 5.82 Å². The standard InChI is InChI=1S/C11H10ClN3O2S/c12-9-5-4-8(7-10(9)13)18(16,17)15-11-3-1-2-6-14-11/h1-7H,13H2,(H,14,15). The zero-order chi connectivity index (χ0) is 13.2. The van der Waals surface area contributed by atoms with Crippen LogP contribution in [0.5, 0.6) is 0 Å². The van der Waals surface area contributed by atoms with Crippen LogP contribution in [0.3, 0.4) is 0 Å². The smallest absolute Gasteiger partial charge is 0.263 e. The minimum atomic E-state index is -3.70. The molecule has 94 valence electrons. The van der Waals surface area contributed by atoms with Gasteiger partial charge in [-0.1, -0.05) is 17.7 Å². The second kappa shape index (κ2) is 4.83. The summed E-state index contributed by atoms with van der Waals surface area (Å²) in [6, 6.07) is 9.04. The predicted octanol–water partition coefficient (Wildman–Crippen LogP) is 2.12. The van der Waals surface area contributed by atoms with E-state index in [2.05, 4.69) is 9.71 Å². The highest BCUT2D eigenvalue weighted by molar-refractivity contribution is 7.92. The number of hydrogen-bond acceptors (Lipinski definition) is 4. The third kappa shape index (κ3) is 2.72. The molecule has 7 heteroatoms. The van der Waals surface area contributed by atoms with Crippen molar-refractivity contribution in [2.75, 3.05) is 10.5 Å². The third-order valence-electron chi connectivity index (χ3n) is 2.18. The van der Waals surface area contributed by atoms with Gasteiger partial charge in [-0.25, -0.2) is 13.4 Å². The number of nitrogens with one attached hydrogen (secondary N) is 1. The first-order chi connectivity index (χ1) is 8.49. The summed E-state index contributed by atoms with van der Waals surface area (Å²) < 4.78 is 26.4. The fourth-order valence-corrected chi connectivity index (χ4v) is 2.47. The molecule has 0 saturated carbocycles. The fourth-order valence-electron chi connectivity index (χ4n) is 1.31. The Labute approximate surface area is 110 Å². The maximum atomic E-state index is 12.0. The monoisotopic (exact) mass is 283 g/mol. The molecular formula is C11H10ClN3O2S. The van der Waals surface area contributed by atoms with Crippen LogP contribution in [0.2, 0.25) is 5.02 Å². The van der Waals surface area contributed by atoms with E-state index in [1.165, 1.54) is 24.4 Å². The molecule has 0 spiro atoms. The van der Waals surface area contributed by atoms with Gasteiger partial charge >= 0.3 is 0 Å². The number of sulfonamides is 1. The molecule has 0 saturated heterocycles. The summed E-state index contributed by atoms with van der Waals surface area (Å²) in [4.78, 5) is 3.92. The Morgan fingerprint density at radius 2 is 2.00 bits per heavy atom. The van der Waals surface area contributed by atoms with E-state index in [4.69, 9.17) is 17.3 Å². The van der Waals surface area contributed by atoms with E-state index in [0.717, 1.165) is 0 Å². The zero-order valence-electron chi connectivity index (χ0n) is 9.17. The van der Waals surface area contributed by atoms with Crippen LogP contribution in [0, 0.1) is 0 Å². The average molecular weight is 284 g/mol. The molecule has 1 aromatic carbocycles. The molecule has 5 nitrogen and oxygen atoms in total. The summed E-state index contributed by atoms with van der Waals surface area (Å²) in [6.07, 6.45) is 1.49. The molecule has 0 radical (unpaired) electrons. The number of hydrogen-bond donors (Lipinski definition) is 2. The van der Waals surface area contributed by atoms with Crippen molar-refractivity contribution in [3.8, 4) is 0 Å². The fraction of sp³-hybridized carbons (Fsp3) is 0. The number of nitrogens with two attached hydrogens (primary N) is 1. The highest BCUT2D eigenvalue weighted by atomic mass is 35.5. The summed E-state index contributed by atoms with van der Waals surface area (Å²) >= 11 is 5.74. The number of aromatic nitrogens is 1. The topological polar surface area (TPSA) is 85.1 Å². The summed E-state index contributed by atoms with van der Waals surface area (Å²) in [5, 5.41) is 0.312. The molecule has 2 aromatic rings. The summed E-state index contributed by atoms with van der Waals surface area (Å²) in [5.41, 5.74) is 5.78. The Bertz CT molecular complexity index is 659. The predicted molar refractivity (Wildman–Crippen MR) is 70.9 cm³/mol. The van der Waals surface area contributed by atoms with Gasteiger partial charge in [-0.3, -0.25) is 4.72 Å². The van der Waals surface area contributed by atoms with Crippen LogP contribution in [0.1, 0.15) is 0 Å². The lowest BCUT2D eigenvalue weighted by atomic mass is 10.3. The lowest BCUT2D eigenvalue weighted by molar-refractivity contribution is 0.601. The van der Waals surface area contributed by atoms with Gasteiger partial charge in [0.05, 0.1) is 15.6 Å².